The Morgan fingerprint density at radius 1 is 0.900 bits per heavy atom. The minimum atomic E-state index is -4.78. The van der Waals surface area contributed by atoms with E-state index in [2.05, 4.69) is 28.9 Å². The Morgan fingerprint density at radius 2 is 1.40 bits per heavy atom. The molecule has 8 nitrogen and oxygen atoms in total. The highest BCUT2D eigenvalue weighted by Crippen LogP contribution is 2.35. The van der Waals surface area contributed by atoms with Gasteiger partial charge in [-0.25, -0.2) is 9.36 Å². The fourth-order valence-electron chi connectivity index (χ4n) is 2.97. The molecule has 0 bridgehead atoms. The van der Waals surface area contributed by atoms with E-state index in [4.69, 9.17) is 14.9 Å². The van der Waals surface area contributed by atoms with Crippen LogP contribution in [0, 0.1) is 0 Å². The monoisotopic (exact) mass is 449 g/mol. The second-order valence-electron chi connectivity index (χ2n) is 7.58. The van der Waals surface area contributed by atoms with Crippen LogP contribution in [0.15, 0.2) is 12.2 Å². The molecule has 0 spiro atoms. The molecule has 0 unspecified atom stereocenters. The first-order valence-electron chi connectivity index (χ1n) is 11.1. The SMILES string of the molecule is CCCCCCCC/C=C\CCCCCCCC(=O)N[C@@H](COP(=O)(O)O)C(=O)O. The van der Waals surface area contributed by atoms with Crippen LogP contribution in [0.5, 0.6) is 0 Å². The Labute approximate surface area is 180 Å². The summed E-state index contributed by atoms with van der Waals surface area (Å²) in [5.74, 6) is -1.87. The van der Waals surface area contributed by atoms with E-state index in [-0.39, 0.29) is 6.42 Å². The first-order chi connectivity index (χ1) is 14.3. The molecule has 0 rings (SSSR count). The van der Waals surface area contributed by atoms with Crippen molar-refractivity contribution in [1.82, 2.24) is 5.32 Å². The van der Waals surface area contributed by atoms with Crippen molar-refractivity contribution in [2.75, 3.05) is 6.61 Å². The van der Waals surface area contributed by atoms with Gasteiger partial charge in [-0.1, -0.05) is 70.4 Å². The van der Waals surface area contributed by atoms with Gasteiger partial charge in [0.05, 0.1) is 6.61 Å². The lowest BCUT2D eigenvalue weighted by Gasteiger charge is -2.15. The number of carbonyl (C=O) groups is 2. The van der Waals surface area contributed by atoms with Crippen LogP contribution in [0.2, 0.25) is 0 Å². The van der Waals surface area contributed by atoms with Gasteiger partial charge in [-0.05, 0) is 32.1 Å². The molecule has 0 fully saturated rings. The first kappa shape index (κ1) is 28.8. The van der Waals surface area contributed by atoms with Gasteiger partial charge in [-0.2, -0.15) is 0 Å². The normalized spacial score (nSPS) is 12.9. The Hall–Kier alpha value is -1.21. The molecule has 0 heterocycles. The summed E-state index contributed by atoms with van der Waals surface area (Å²) in [5.41, 5.74) is 0. The third kappa shape index (κ3) is 20.1. The van der Waals surface area contributed by atoms with Crippen LogP contribution < -0.4 is 5.32 Å². The van der Waals surface area contributed by atoms with E-state index in [1.807, 2.05) is 0 Å². The zero-order chi connectivity index (χ0) is 22.7. The summed E-state index contributed by atoms with van der Waals surface area (Å²) in [6, 6.07) is -1.48. The molecule has 0 aliphatic heterocycles. The maximum Gasteiger partial charge on any atom is 0.469 e. The number of rotatable bonds is 20. The van der Waals surface area contributed by atoms with Gasteiger partial charge in [0.25, 0.3) is 0 Å². The molecule has 0 saturated heterocycles. The highest BCUT2D eigenvalue weighted by molar-refractivity contribution is 7.46. The molecule has 176 valence electrons. The van der Waals surface area contributed by atoms with E-state index in [0.717, 1.165) is 38.5 Å². The number of unbranched alkanes of at least 4 members (excludes halogenated alkanes) is 11. The number of hydrogen-bond donors (Lipinski definition) is 4. The zero-order valence-corrected chi connectivity index (χ0v) is 19.2. The van der Waals surface area contributed by atoms with E-state index in [9.17, 15) is 14.2 Å². The standard InChI is InChI=1S/C21H40NO7P/c1-2-3-4-5-6-7-8-9-10-11-12-13-14-15-16-17-20(23)22-19(21(24)25)18-29-30(26,27)28/h9-10,19H,2-8,11-18H2,1H3,(H,22,23)(H,24,25)(H2,26,27,28)/b10-9-/t19-/m0/s1. The van der Waals surface area contributed by atoms with E-state index in [0.29, 0.717) is 6.42 Å². The van der Waals surface area contributed by atoms with Gasteiger partial charge >= 0.3 is 13.8 Å². The molecule has 1 amide bonds. The number of carboxylic acids is 1. The lowest BCUT2D eigenvalue weighted by molar-refractivity contribution is -0.142. The summed E-state index contributed by atoms with van der Waals surface area (Å²) in [5, 5.41) is 11.2. The largest absolute Gasteiger partial charge is 0.480 e. The molecule has 0 aliphatic rings. The third-order valence-electron chi connectivity index (χ3n) is 4.71. The number of allylic oxidation sites excluding steroid dienone is 2. The fourth-order valence-corrected chi connectivity index (χ4v) is 3.31. The molecule has 0 aliphatic carbocycles. The maximum atomic E-state index is 11.8. The number of aliphatic carboxylic acids is 1. The van der Waals surface area contributed by atoms with Gasteiger partial charge in [0.1, 0.15) is 0 Å². The maximum absolute atomic E-state index is 11.8. The Balaban J connectivity index is 3.62. The Bertz CT molecular complexity index is 533. The van der Waals surface area contributed by atoms with Crippen molar-refractivity contribution in [1.29, 1.82) is 0 Å². The van der Waals surface area contributed by atoms with Crippen molar-refractivity contribution >= 4 is 19.7 Å². The van der Waals surface area contributed by atoms with Crippen LogP contribution in [0.3, 0.4) is 0 Å². The van der Waals surface area contributed by atoms with Gasteiger partial charge in [0.2, 0.25) is 5.91 Å². The van der Waals surface area contributed by atoms with E-state index in [1.54, 1.807) is 0 Å². The minimum Gasteiger partial charge on any atom is -0.480 e. The predicted molar refractivity (Wildman–Crippen MR) is 117 cm³/mol. The second kappa shape index (κ2) is 18.6. The molecule has 0 aromatic rings. The molecule has 9 heteroatoms. The highest BCUT2D eigenvalue weighted by Gasteiger charge is 2.24. The van der Waals surface area contributed by atoms with Crippen LogP contribution in [0.1, 0.15) is 96.8 Å². The van der Waals surface area contributed by atoms with Gasteiger partial charge in [-0.15, -0.1) is 0 Å². The Morgan fingerprint density at radius 3 is 1.90 bits per heavy atom. The highest BCUT2D eigenvalue weighted by atomic mass is 31.2. The van der Waals surface area contributed by atoms with Crippen molar-refractivity contribution < 1.29 is 33.6 Å². The van der Waals surface area contributed by atoms with E-state index >= 15 is 0 Å². The number of phosphoric acid groups is 1. The summed E-state index contributed by atoms with van der Waals surface area (Å²) in [7, 11) is -4.78. The van der Waals surface area contributed by atoms with Gasteiger partial charge < -0.3 is 20.2 Å². The van der Waals surface area contributed by atoms with Crippen molar-refractivity contribution in [2.24, 2.45) is 0 Å². The molecular weight excluding hydrogens is 409 g/mol. The lowest BCUT2D eigenvalue weighted by Crippen LogP contribution is -2.43. The lowest BCUT2D eigenvalue weighted by atomic mass is 10.1. The predicted octanol–water partition coefficient (Wildman–Crippen LogP) is 4.70. The summed E-state index contributed by atoms with van der Waals surface area (Å²) in [6.45, 7) is 1.45. The number of nitrogens with one attached hydrogen (secondary N) is 1. The summed E-state index contributed by atoms with van der Waals surface area (Å²) in [4.78, 5) is 40.0. The van der Waals surface area contributed by atoms with Crippen molar-refractivity contribution in [3.05, 3.63) is 12.2 Å². The number of amides is 1. The molecule has 0 aromatic heterocycles. The second-order valence-corrected chi connectivity index (χ2v) is 8.82. The van der Waals surface area contributed by atoms with Crippen LogP contribution in [-0.4, -0.2) is 39.4 Å². The molecule has 30 heavy (non-hydrogen) atoms. The van der Waals surface area contributed by atoms with Crippen LogP contribution in [-0.2, 0) is 18.7 Å². The molecule has 0 aromatic carbocycles. The number of hydrogen-bond acceptors (Lipinski definition) is 4. The molecular formula is C21H40NO7P. The van der Waals surface area contributed by atoms with E-state index < -0.39 is 32.3 Å². The molecule has 1 atom stereocenters. The van der Waals surface area contributed by atoms with Crippen LogP contribution in [0.4, 0.5) is 0 Å². The number of carbonyl (C=O) groups excluding carboxylic acids is 1. The van der Waals surface area contributed by atoms with Crippen molar-refractivity contribution in [2.45, 2.75) is 103 Å². The molecule has 4 N–H and O–H groups in total. The topological polar surface area (TPSA) is 133 Å². The van der Waals surface area contributed by atoms with Gasteiger partial charge in [0, 0.05) is 6.42 Å². The smallest absolute Gasteiger partial charge is 0.469 e. The molecule has 0 radical (unpaired) electrons. The van der Waals surface area contributed by atoms with Crippen LogP contribution >= 0.6 is 7.82 Å². The average Bonchev–Trinajstić information content (AvgIpc) is 2.67. The Kier molecular flexibility index (Phi) is 17.8. The van der Waals surface area contributed by atoms with Gasteiger partial charge in [-0.3, -0.25) is 9.32 Å². The zero-order valence-electron chi connectivity index (χ0n) is 18.3. The van der Waals surface area contributed by atoms with Gasteiger partial charge in [0.15, 0.2) is 6.04 Å². The van der Waals surface area contributed by atoms with Crippen LogP contribution in [0.25, 0.3) is 0 Å². The fraction of sp³-hybridized carbons (Fsp3) is 0.810. The summed E-state index contributed by atoms with van der Waals surface area (Å²) < 4.78 is 14.8. The number of carboxylic acid groups (broad SMARTS) is 1. The molecule has 0 saturated carbocycles. The summed E-state index contributed by atoms with van der Waals surface area (Å²) >= 11 is 0. The summed E-state index contributed by atoms with van der Waals surface area (Å²) in [6.07, 6.45) is 19.6. The van der Waals surface area contributed by atoms with Crippen molar-refractivity contribution in [3.8, 4) is 0 Å². The van der Waals surface area contributed by atoms with E-state index in [1.165, 1.54) is 38.5 Å². The quantitative estimate of drug-likeness (QED) is 0.120. The van der Waals surface area contributed by atoms with Crippen molar-refractivity contribution in [3.63, 3.8) is 0 Å². The minimum absolute atomic E-state index is 0.178. The number of phosphoric ester groups is 1. The average molecular weight is 450 g/mol. The third-order valence-corrected chi connectivity index (χ3v) is 5.19. The first-order valence-corrected chi connectivity index (χ1v) is 12.7.